The van der Waals surface area contributed by atoms with Gasteiger partial charge in [-0.05, 0) is 49.3 Å². The van der Waals surface area contributed by atoms with Crippen LogP contribution in [0.15, 0.2) is 18.2 Å². The summed E-state index contributed by atoms with van der Waals surface area (Å²) < 4.78 is 0. The average molecular weight is 335 g/mol. The maximum absolute atomic E-state index is 12.8. The molecule has 2 heterocycles. The van der Waals surface area contributed by atoms with E-state index in [4.69, 9.17) is 11.6 Å². The second-order valence-corrected chi connectivity index (χ2v) is 7.36. The predicted octanol–water partition coefficient (Wildman–Crippen LogP) is 3.12. The molecule has 2 saturated heterocycles. The fourth-order valence-electron chi connectivity index (χ4n) is 3.84. The molecule has 1 aromatic rings. The highest BCUT2D eigenvalue weighted by molar-refractivity contribution is 6.31. The topological polar surface area (TPSA) is 40.6 Å². The monoisotopic (exact) mass is 334 g/mol. The lowest BCUT2D eigenvalue weighted by Gasteiger charge is -2.46. The summed E-state index contributed by atoms with van der Waals surface area (Å²) >= 11 is 6.13. The third kappa shape index (κ3) is 3.09. The van der Waals surface area contributed by atoms with Gasteiger partial charge in [-0.1, -0.05) is 17.7 Å². The SMILES string of the molecule is Cc1c(Cl)cccc1C(=O)N1CCC2(CCC(=O)N(C)C2)CC1. The van der Waals surface area contributed by atoms with Crippen molar-refractivity contribution in [3.05, 3.63) is 34.3 Å². The van der Waals surface area contributed by atoms with Crippen LogP contribution in [-0.4, -0.2) is 48.3 Å². The number of nitrogens with zero attached hydrogens (tertiary/aromatic N) is 2. The molecule has 2 aliphatic heterocycles. The minimum absolute atomic E-state index is 0.0695. The fraction of sp³-hybridized carbons (Fsp3) is 0.556. The lowest BCUT2D eigenvalue weighted by atomic mass is 9.72. The summed E-state index contributed by atoms with van der Waals surface area (Å²) in [6, 6.07) is 5.49. The molecule has 1 spiro atoms. The molecule has 0 saturated carbocycles. The second kappa shape index (κ2) is 6.16. The van der Waals surface area contributed by atoms with E-state index >= 15 is 0 Å². The second-order valence-electron chi connectivity index (χ2n) is 6.95. The van der Waals surface area contributed by atoms with Gasteiger partial charge in [0.2, 0.25) is 5.91 Å². The first-order valence-corrected chi connectivity index (χ1v) is 8.58. The van der Waals surface area contributed by atoms with Crippen LogP contribution in [0.25, 0.3) is 0 Å². The minimum atomic E-state index is 0.0695. The van der Waals surface area contributed by atoms with Crippen LogP contribution in [0.1, 0.15) is 41.6 Å². The Hall–Kier alpha value is -1.55. The molecule has 0 atom stereocenters. The maximum atomic E-state index is 12.8. The predicted molar refractivity (Wildman–Crippen MR) is 90.6 cm³/mol. The van der Waals surface area contributed by atoms with Crippen molar-refractivity contribution >= 4 is 23.4 Å². The largest absolute Gasteiger partial charge is 0.345 e. The van der Waals surface area contributed by atoms with Crippen LogP contribution in [0.2, 0.25) is 5.02 Å². The molecule has 0 unspecified atom stereocenters. The summed E-state index contributed by atoms with van der Waals surface area (Å²) in [5.74, 6) is 0.309. The van der Waals surface area contributed by atoms with Crippen LogP contribution in [0, 0.1) is 12.3 Å². The number of piperidine rings is 2. The normalized spacial score (nSPS) is 20.9. The van der Waals surface area contributed by atoms with E-state index < -0.39 is 0 Å². The third-order valence-corrected chi connectivity index (χ3v) is 5.89. The van der Waals surface area contributed by atoms with Gasteiger partial charge in [0, 0.05) is 43.7 Å². The molecule has 1 aromatic carbocycles. The van der Waals surface area contributed by atoms with Gasteiger partial charge in [-0.3, -0.25) is 9.59 Å². The van der Waals surface area contributed by atoms with Gasteiger partial charge in [-0.2, -0.15) is 0 Å². The highest BCUT2D eigenvalue weighted by Crippen LogP contribution is 2.40. The Morgan fingerprint density at radius 3 is 2.57 bits per heavy atom. The van der Waals surface area contributed by atoms with E-state index in [0.29, 0.717) is 17.0 Å². The first-order valence-electron chi connectivity index (χ1n) is 8.20. The Kier molecular flexibility index (Phi) is 4.37. The van der Waals surface area contributed by atoms with Gasteiger partial charge < -0.3 is 9.80 Å². The highest BCUT2D eigenvalue weighted by atomic mass is 35.5. The molecule has 4 nitrogen and oxygen atoms in total. The smallest absolute Gasteiger partial charge is 0.254 e. The van der Waals surface area contributed by atoms with E-state index in [2.05, 4.69) is 0 Å². The Morgan fingerprint density at radius 2 is 1.91 bits per heavy atom. The molecule has 124 valence electrons. The number of carbonyl (C=O) groups is 2. The summed E-state index contributed by atoms with van der Waals surface area (Å²) in [5, 5.41) is 0.636. The van der Waals surface area contributed by atoms with E-state index in [1.165, 1.54) is 0 Å². The number of amides is 2. The zero-order chi connectivity index (χ0) is 16.6. The first-order chi connectivity index (χ1) is 10.9. The van der Waals surface area contributed by atoms with E-state index in [1.807, 2.05) is 42.0 Å². The third-order valence-electron chi connectivity index (χ3n) is 5.48. The fourth-order valence-corrected chi connectivity index (χ4v) is 4.01. The Balaban J connectivity index is 1.68. The Labute approximate surface area is 142 Å². The maximum Gasteiger partial charge on any atom is 0.254 e. The molecule has 2 amide bonds. The molecule has 2 fully saturated rings. The number of halogens is 1. The van der Waals surface area contributed by atoms with Gasteiger partial charge in [-0.25, -0.2) is 0 Å². The van der Waals surface area contributed by atoms with Crippen molar-refractivity contribution in [2.24, 2.45) is 5.41 Å². The summed E-state index contributed by atoms with van der Waals surface area (Å²) in [6.07, 6.45) is 3.53. The van der Waals surface area contributed by atoms with Gasteiger partial charge in [0.15, 0.2) is 0 Å². The molecule has 0 aromatic heterocycles. The van der Waals surface area contributed by atoms with Gasteiger partial charge in [-0.15, -0.1) is 0 Å². The number of hydrogen-bond acceptors (Lipinski definition) is 2. The van der Waals surface area contributed by atoms with Crippen molar-refractivity contribution in [3.63, 3.8) is 0 Å². The molecule has 3 rings (SSSR count). The molecular weight excluding hydrogens is 312 g/mol. The Bertz CT molecular complexity index is 636. The summed E-state index contributed by atoms with van der Waals surface area (Å²) in [4.78, 5) is 28.2. The lowest BCUT2D eigenvalue weighted by molar-refractivity contribution is -0.137. The van der Waals surface area contributed by atoms with Crippen molar-refractivity contribution in [3.8, 4) is 0 Å². The molecule has 0 aliphatic carbocycles. The van der Waals surface area contributed by atoms with Gasteiger partial charge in [0.25, 0.3) is 5.91 Å². The van der Waals surface area contributed by atoms with Crippen molar-refractivity contribution in [2.45, 2.75) is 32.6 Å². The van der Waals surface area contributed by atoms with Crippen LogP contribution < -0.4 is 0 Å². The van der Waals surface area contributed by atoms with Crippen LogP contribution in [0.5, 0.6) is 0 Å². The quantitative estimate of drug-likeness (QED) is 0.791. The first kappa shape index (κ1) is 16.3. The highest BCUT2D eigenvalue weighted by Gasteiger charge is 2.40. The van der Waals surface area contributed by atoms with Crippen molar-refractivity contribution < 1.29 is 9.59 Å². The van der Waals surface area contributed by atoms with Gasteiger partial charge >= 0.3 is 0 Å². The summed E-state index contributed by atoms with van der Waals surface area (Å²) in [7, 11) is 1.89. The lowest BCUT2D eigenvalue weighted by Crippen LogP contribution is -2.51. The van der Waals surface area contributed by atoms with Crippen LogP contribution >= 0.6 is 11.6 Å². The Morgan fingerprint density at radius 1 is 1.22 bits per heavy atom. The molecule has 0 bridgehead atoms. The van der Waals surface area contributed by atoms with Gasteiger partial charge in [0.05, 0.1) is 0 Å². The van der Waals surface area contributed by atoms with Crippen LogP contribution in [0.4, 0.5) is 0 Å². The summed E-state index contributed by atoms with van der Waals surface area (Å²) in [5.41, 5.74) is 1.75. The zero-order valence-corrected chi connectivity index (χ0v) is 14.5. The molecule has 0 radical (unpaired) electrons. The van der Waals surface area contributed by atoms with E-state index in [9.17, 15) is 9.59 Å². The number of hydrogen-bond donors (Lipinski definition) is 0. The average Bonchev–Trinajstić information content (AvgIpc) is 2.54. The number of likely N-dealkylation sites (tertiary alicyclic amines) is 2. The van der Waals surface area contributed by atoms with Crippen LogP contribution in [0.3, 0.4) is 0 Å². The van der Waals surface area contributed by atoms with Crippen molar-refractivity contribution in [2.75, 3.05) is 26.7 Å². The molecule has 2 aliphatic rings. The summed E-state index contributed by atoms with van der Waals surface area (Å²) in [6.45, 7) is 4.23. The number of carbonyl (C=O) groups excluding carboxylic acids is 2. The minimum Gasteiger partial charge on any atom is -0.345 e. The van der Waals surface area contributed by atoms with E-state index in [1.54, 1.807) is 0 Å². The van der Waals surface area contributed by atoms with E-state index in [-0.39, 0.29) is 17.2 Å². The number of benzene rings is 1. The van der Waals surface area contributed by atoms with E-state index in [0.717, 1.165) is 44.5 Å². The van der Waals surface area contributed by atoms with Gasteiger partial charge in [0.1, 0.15) is 0 Å². The van der Waals surface area contributed by atoms with Crippen molar-refractivity contribution in [1.29, 1.82) is 0 Å². The van der Waals surface area contributed by atoms with Crippen LogP contribution in [-0.2, 0) is 4.79 Å². The number of rotatable bonds is 1. The standard InChI is InChI=1S/C18H23ClN2O2/c1-13-14(4-3-5-15(13)19)17(23)21-10-8-18(9-11-21)7-6-16(22)20(2)12-18/h3-5H,6-12H2,1-2H3. The van der Waals surface area contributed by atoms with Crippen molar-refractivity contribution in [1.82, 2.24) is 9.80 Å². The molecule has 23 heavy (non-hydrogen) atoms. The zero-order valence-electron chi connectivity index (χ0n) is 13.8. The molecule has 5 heteroatoms. The molecular formula is C18H23ClN2O2. The molecule has 0 N–H and O–H groups in total.